The zero-order valence-corrected chi connectivity index (χ0v) is 27.6. The molecular formula is C35H45N3O10. The molecule has 0 radical (unpaired) electrons. The standard InChI is InChI=1S/C24H24N2O6.C11H21NO4/c1-32-15-4-2-3-13-16(15)22(30)18-17(20(13)28)21(29)14-9-11(5-6-12(14)19(18)27)23(31)26-10-24(25)7-8-24;1-8-11(13)9(3-5-15-8)12-4-6-16-10(7-12)14-2/h2-4,11,27,29H,5-10,25H2,1H3,(H,26,31);8-11,13H,3-7H2,1-2H3. The van der Waals surface area contributed by atoms with Crippen molar-refractivity contribution in [1.82, 2.24) is 10.2 Å². The predicted molar refractivity (Wildman–Crippen MR) is 172 cm³/mol. The van der Waals surface area contributed by atoms with E-state index < -0.39 is 23.6 Å². The van der Waals surface area contributed by atoms with E-state index in [1.807, 2.05) is 6.92 Å². The van der Waals surface area contributed by atoms with Crippen LogP contribution in [-0.2, 0) is 31.8 Å². The highest BCUT2D eigenvalue weighted by molar-refractivity contribution is 6.31. The molecule has 0 aromatic heterocycles. The Morgan fingerprint density at radius 1 is 1.04 bits per heavy atom. The molecule has 2 aromatic rings. The molecule has 0 bridgehead atoms. The van der Waals surface area contributed by atoms with Crippen LogP contribution in [0.1, 0.15) is 75.6 Å². The normalized spacial score (nSPS) is 27.5. The number of hydrogen-bond donors (Lipinski definition) is 5. The number of aliphatic hydroxyl groups is 1. The number of phenols is 2. The Bertz CT molecular complexity index is 1590. The van der Waals surface area contributed by atoms with Crippen LogP contribution in [0.4, 0.5) is 0 Å². The minimum atomic E-state index is -0.569. The van der Waals surface area contributed by atoms with Crippen LogP contribution in [0.5, 0.6) is 17.2 Å². The number of ketones is 2. The minimum absolute atomic E-state index is 0.0750. The number of nitrogens with zero attached hydrogens (tertiary/aromatic N) is 1. The number of aromatic hydroxyl groups is 2. The van der Waals surface area contributed by atoms with Crippen molar-refractivity contribution in [2.24, 2.45) is 11.7 Å². The van der Waals surface area contributed by atoms with Gasteiger partial charge in [0.15, 0.2) is 12.1 Å². The Labute approximate surface area is 279 Å². The summed E-state index contributed by atoms with van der Waals surface area (Å²) in [6.07, 6.45) is 2.89. The van der Waals surface area contributed by atoms with E-state index in [1.54, 1.807) is 19.2 Å². The number of morpholine rings is 1. The van der Waals surface area contributed by atoms with E-state index in [0.717, 1.165) is 39.0 Å². The van der Waals surface area contributed by atoms with Gasteiger partial charge in [-0.05, 0) is 51.5 Å². The van der Waals surface area contributed by atoms with Crippen LogP contribution in [0, 0.1) is 5.92 Å². The summed E-state index contributed by atoms with van der Waals surface area (Å²) < 4.78 is 21.3. The quantitative estimate of drug-likeness (QED) is 0.238. The Balaban J connectivity index is 0.000000211. The number of nitrogens with one attached hydrogen (secondary N) is 1. The molecule has 260 valence electrons. The number of methoxy groups -OCH3 is 2. The molecule has 2 saturated heterocycles. The molecule has 2 aliphatic heterocycles. The maximum absolute atomic E-state index is 13.3. The van der Waals surface area contributed by atoms with E-state index in [-0.39, 0.29) is 75.8 Å². The number of nitrogens with two attached hydrogens (primary N) is 1. The first-order valence-electron chi connectivity index (χ1n) is 16.6. The highest BCUT2D eigenvalue weighted by Gasteiger charge is 2.42. The lowest BCUT2D eigenvalue weighted by atomic mass is 9.75. The molecule has 13 nitrogen and oxygen atoms in total. The third kappa shape index (κ3) is 6.42. The molecule has 2 heterocycles. The third-order valence-corrected chi connectivity index (χ3v) is 10.4. The zero-order chi connectivity index (χ0) is 34.3. The SMILES string of the molecule is COC1CN(C2CCOC(C)C2O)CCO1.COc1cccc2c1C(=O)c1c(O)c3c(c(O)c1C2=O)CC(C(=O)NCC1(N)CC1)CC3. The van der Waals surface area contributed by atoms with Crippen LogP contribution in [0.3, 0.4) is 0 Å². The van der Waals surface area contributed by atoms with Crippen LogP contribution in [-0.4, -0.2) is 115 Å². The van der Waals surface area contributed by atoms with Crippen molar-refractivity contribution in [3.05, 3.63) is 51.6 Å². The average molecular weight is 668 g/mol. The van der Waals surface area contributed by atoms with Gasteiger partial charge in [0.2, 0.25) is 11.7 Å². The molecule has 0 spiro atoms. The molecule has 1 amide bonds. The summed E-state index contributed by atoms with van der Waals surface area (Å²) in [5.41, 5.74) is 6.24. The summed E-state index contributed by atoms with van der Waals surface area (Å²) in [7, 11) is 3.05. The van der Waals surface area contributed by atoms with E-state index in [2.05, 4.69) is 10.2 Å². The first-order chi connectivity index (χ1) is 23.0. The first kappa shape index (κ1) is 34.3. The van der Waals surface area contributed by atoms with Crippen molar-refractivity contribution < 1.29 is 48.7 Å². The van der Waals surface area contributed by atoms with E-state index in [9.17, 15) is 29.7 Å². The Hall–Kier alpha value is -3.59. The number of phenolic OH excluding ortho intramolecular Hbond substituents is 2. The van der Waals surface area contributed by atoms with Crippen molar-refractivity contribution >= 4 is 17.5 Å². The largest absolute Gasteiger partial charge is 0.507 e. The van der Waals surface area contributed by atoms with Gasteiger partial charge in [-0.2, -0.15) is 0 Å². The van der Waals surface area contributed by atoms with Gasteiger partial charge >= 0.3 is 0 Å². The van der Waals surface area contributed by atoms with Gasteiger partial charge in [-0.1, -0.05) is 12.1 Å². The summed E-state index contributed by atoms with van der Waals surface area (Å²) in [6, 6.07) is 4.83. The van der Waals surface area contributed by atoms with Crippen LogP contribution < -0.4 is 15.8 Å². The summed E-state index contributed by atoms with van der Waals surface area (Å²) in [5.74, 6) is -2.13. The van der Waals surface area contributed by atoms with Crippen LogP contribution in [0.25, 0.3) is 0 Å². The number of amides is 1. The third-order valence-electron chi connectivity index (χ3n) is 10.4. The number of carbonyl (C=O) groups is 3. The molecule has 1 saturated carbocycles. The maximum Gasteiger partial charge on any atom is 0.223 e. The van der Waals surface area contributed by atoms with E-state index in [1.165, 1.54) is 13.2 Å². The fourth-order valence-corrected chi connectivity index (χ4v) is 7.21. The molecule has 3 aliphatic carbocycles. The number of aliphatic hydroxyl groups excluding tert-OH is 1. The number of fused-ring (bicyclic) bond motifs is 3. The lowest BCUT2D eigenvalue weighted by molar-refractivity contribution is -0.190. The van der Waals surface area contributed by atoms with Crippen molar-refractivity contribution in [2.45, 2.75) is 75.5 Å². The van der Waals surface area contributed by atoms with E-state index in [4.69, 9.17) is 24.7 Å². The Kier molecular flexibility index (Phi) is 9.81. The highest BCUT2D eigenvalue weighted by Crippen LogP contribution is 2.47. The summed E-state index contributed by atoms with van der Waals surface area (Å²) in [6.45, 7) is 5.29. The van der Waals surface area contributed by atoms with E-state index in [0.29, 0.717) is 37.1 Å². The van der Waals surface area contributed by atoms with Gasteiger partial charge in [0.1, 0.15) is 17.2 Å². The first-order valence-corrected chi connectivity index (χ1v) is 16.6. The Morgan fingerprint density at radius 3 is 2.48 bits per heavy atom. The van der Waals surface area contributed by atoms with Crippen molar-refractivity contribution in [2.75, 3.05) is 47.1 Å². The number of hydrogen-bond acceptors (Lipinski definition) is 12. The van der Waals surface area contributed by atoms with E-state index >= 15 is 0 Å². The molecule has 7 rings (SSSR count). The fraction of sp³-hybridized carbons (Fsp3) is 0.571. The summed E-state index contributed by atoms with van der Waals surface area (Å²) in [4.78, 5) is 41.4. The average Bonchev–Trinajstić information content (AvgIpc) is 3.85. The van der Waals surface area contributed by atoms with Gasteiger partial charge < -0.3 is 45.3 Å². The van der Waals surface area contributed by atoms with Gasteiger partial charge in [0, 0.05) is 67.5 Å². The maximum atomic E-state index is 13.3. The van der Waals surface area contributed by atoms with Crippen molar-refractivity contribution in [3.63, 3.8) is 0 Å². The van der Waals surface area contributed by atoms with Crippen molar-refractivity contribution in [1.29, 1.82) is 0 Å². The Morgan fingerprint density at radius 2 is 1.77 bits per heavy atom. The molecule has 3 fully saturated rings. The number of benzene rings is 2. The topological polar surface area (TPSA) is 190 Å². The molecule has 48 heavy (non-hydrogen) atoms. The fourth-order valence-electron chi connectivity index (χ4n) is 7.21. The monoisotopic (exact) mass is 667 g/mol. The minimum Gasteiger partial charge on any atom is -0.507 e. The molecule has 5 atom stereocenters. The number of ether oxygens (including phenoxy) is 4. The second kappa shape index (κ2) is 13.7. The predicted octanol–water partition coefficient (Wildman–Crippen LogP) is 1.42. The molecule has 2 aromatic carbocycles. The molecule has 6 N–H and O–H groups in total. The molecular weight excluding hydrogens is 622 g/mol. The van der Waals surface area contributed by atoms with Gasteiger partial charge in [-0.3, -0.25) is 19.3 Å². The zero-order valence-electron chi connectivity index (χ0n) is 27.6. The molecule has 13 heteroatoms. The van der Waals surface area contributed by atoms with Gasteiger partial charge in [0.25, 0.3) is 0 Å². The van der Waals surface area contributed by atoms with Crippen LogP contribution >= 0.6 is 0 Å². The van der Waals surface area contributed by atoms with Gasteiger partial charge in [-0.25, -0.2) is 0 Å². The summed E-state index contributed by atoms with van der Waals surface area (Å²) >= 11 is 0. The number of carbonyl (C=O) groups excluding carboxylic acids is 3. The second-order valence-electron chi connectivity index (χ2n) is 13.4. The van der Waals surface area contributed by atoms with Gasteiger partial charge in [-0.15, -0.1) is 0 Å². The van der Waals surface area contributed by atoms with Gasteiger partial charge in [0.05, 0.1) is 42.6 Å². The smallest absolute Gasteiger partial charge is 0.223 e. The van der Waals surface area contributed by atoms with Crippen LogP contribution in [0.15, 0.2) is 18.2 Å². The molecule has 5 unspecified atom stereocenters. The number of rotatable bonds is 6. The van der Waals surface area contributed by atoms with Crippen LogP contribution in [0.2, 0.25) is 0 Å². The highest BCUT2D eigenvalue weighted by atomic mass is 16.7. The lowest BCUT2D eigenvalue weighted by Crippen LogP contribution is -2.57. The van der Waals surface area contributed by atoms with Crippen molar-refractivity contribution in [3.8, 4) is 17.2 Å². The molecule has 5 aliphatic rings. The lowest BCUT2D eigenvalue weighted by Gasteiger charge is -2.43. The second-order valence-corrected chi connectivity index (χ2v) is 13.4. The summed E-state index contributed by atoms with van der Waals surface area (Å²) in [5, 5.41) is 35.0.